The molecule has 0 fully saturated rings. The summed E-state index contributed by atoms with van der Waals surface area (Å²) in [4.78, 5) is 23.8. The van der Waals surface area contributed by atoms with Gasteiger partial charge in [-0.3, -0.25) is 4.79 Å². The van der Waals surface area contributed by atoms with Crippen LogP contribution in [0.25, 0.3) is 0 Å². The highest BCUT2D eigenvalue weighted by molar-refractivity contribution is 6.67. The number of nitrogens with zero attached hydrogens (tertiary/aromatic N) is 1. The molecule has 0 rings (SSSR count). The van der Waals surface area contributed by atoms with E-state index in [9.17, 15) is 9.59 Å². The predicted octanol–water partition coefficient (Wildman–Crippen LogP) is 2.98. The fourth-order valence-corrected chi connectivity index (χ4v) is 1.21. The molecular weight excluding hydrogens is 214 g/mol. The van der Waals surface area contributed by atoms with Crippen molar-refractivity contribution in [1.29, 1.82) is 0 Å². The lowest BCUT2D eigenvalue weighted by molar-refractivity contribution is -0.108. The van der Waals surface area contributed by atoms with Crippen molar-refractivity contribution in [2.45, 2.75) is 39.0 Å². The van der Waals surface area contributed by atoms with Gasteiger partial charge in [-0.2, -0.15) is 0 Å². The number of carbonyl (C=O) groups excluding carboxylic acids is 2. The Morgan fingerprint density at radius 1 is 1.33 bits per heavy atom. The van der Waals surface area contributed by atoms with E-state index in [0.29, 0.717) is 12.1 Å². The van der Waals surface area contributed by atoms with E-state index in [4.69, 9.17) is 11.6 Å². The number of aliphatic imine (C=N–C) groups is 1. The van der Waals surface area contributed by atoms with E-state index in [-0.39, 0.29) is 5.24 Å². The molecule has 0 bridgehead atoms. The number of unbranched alkanes of at least 4 members (excludes halogenated alkanes) is 4. The van der Waals surface area contributed by atoms with Gasteiger partial charge in [-0.1, -0.05) is 18.9 Å². The molecular formula is C11H16ClNO2. The number of allylic oxidation sites excluding steroid dienone is 2. The Labute approximate surface area is 95.2 Å². The molecule has 84 valence electrons. The van der Waals surface area contributed by atoms with Gasteiger partial charge in [0.2, 0.25) is 11.3 Å². The average Bonchev–Trinajstić information content (AvgIpc) is 2.21. The standard InChI is InChI=1S/C11H16ClNO2/c1-10(11(12)15)7-5-3-2-4-6-8-13-9-14/h7H,2-6,8H2,1H3. The van der Waals surface area contributed by atoms with Gasteiger partial charge in [-0.05, 0) is 37.8 Å². The minimum Gasteiger partial charge on any atom is -0.276 e. The average molecular weight is 230 g/mol. The van der Waals surface area contributed by atoms with Gasteiger partial charge >= 0.3 is 0 Å². The van der Waals surface area contributed by atoms with E-state index in [1.807, 2.05) is 6.08 Å². The highest BCUT2D eigenvalue weighted by Crippen LogP contribution is 2.07. The second kappa shape index (κ2) is 9.63. The van der Waals surface area contributed by atoms with Crippen molar-refractivity contribution in [3.63, 3.8) is 0 Å². The molecule has 0 aromatic heterocycles. The van der Waals surface area contributed by atoms with E-state index >= 15 is 0 Å². The first-order valence-electron chi connectivity index (χ1n) is 5.08. The van der Waals surface area contributed by atoms with Gasteiger partial charge in [0, 0.05) is 5.57 Å². The molecule has 0 atom stereocenters. The van der Waals surface area contributed by atoms with Gasteiger partial charge in [-0.15, -0.1) is 0 Å². The van der Waals surface area contributed by atoms with E-state index in [1.54, 1.807) is 6.92 Å². The van der Waals surface area contributed by atoms with Crippen LogP contribution >= 0.6 is 11.6 Å². The molecule has 0 amide bonds. The van der Waals surface area contributed by atoms with Crippen LogP contribution < -0.4 is 0 Å². The zero-order valence-corrected chi connectivity index (χ0v) is 9.72. The summed E-state index contributed by atoms with van der Waals surface area (Å²) < 4.78 is 0. The number of rotatable bonds is 8. The molecule has 0 spiro atoms. The van der Waals surface area contributed by atoms with Crippen LogP contribution in [0.5, 0.6) is 0 Å². The molecule has 0 aliphatic rings. The highest BCUT2D eigenvalue weighted by Gasteiger charge is 1.96. The maximum Gasteiger partial charge on any atom is 0.247 e. The zero-order chi connectivity index (χ0) is 11.5. The van der Waals surface area contributed by atoms with E-state index in [2.05, 4.69) is 4.99 Å². The lowest BCUT2D eigenvalue weighted by Crippen LogP contribution is -1.87. The van der Waals surface area contributed by atoms with Crippen LogP contribution in [0.1, 0.15) is 39.0 Å². The first kappa shape index (κ1) is 14.1. The number of isocyanates is 1. The highest BCUT2D eigenvalue weighted by atomic mass is 35.5. The summed E-state index contributed by atoms with van der Waals surface area (Å²) in [7, 11) is 0. The lowest BCUT2D eigenvalue weighted by atomic mass is 10.1. The van der Waals surface area contributed by atoms with Crippen LogP contribution in [-0.2, 0) is 9.59 Å². The fraction of sp³-hybridized carbons (Fsp3) is 0.636. The predicted molar refractivity (Wildman–Crippen MR) is 60.7 cm³/mol. The van der Waals surface area contributed by atoms with Crippen molar-refractivity contribution >= 4 is 22.9 Å². The largest absolute Gasteiger partial charge is 0.276 e. The van der Waals surface area contributed by atoms with Crippen LogP contribution in [0.3, 0.4) is 0 Å². The molecule has 0 unspecified atom stereocenters. The summed E-state index contributed by atoms with van der Waals surface area (Å²) >= 11 is 5.27. The first-order chi connectivity index (χ1) is 7.18. The van der Waals surface area contributed by atoms with Crippen LogP contribution in [0.15, 0.2) is 16.6 Å². The lowest BCUT2D eigenvalue weighted by Gasteiger charge is -1.97. The van der Waals surface area contributed by atoms with Crippen molar-refractivity contribution < 1.29 is 9.59 Å². The Kier molecular flexibility index (Phi) is 9.04. The molecule has 0 aliphatic carbocycles. The zero-order valence-electron chi connectivity index (χ0n) is 8.96. The van der Waals surface area contributed by atoms with Crippen molar-refractivity contribution in [1.82, 2.24) is 0 Å². The Hall–Kier alpha value is -0.920. The van der Waals surface area contributed by atoms with Gasteiger partial charge < -0.3 is 0 Å². The minimum atomic E-state index is -0.379. The molecule has 0 heterocycles. The molecule has 3 nitrogen and oxygen atoms in total. The van der Waals surface area contributed by atoms with Crippen molar-refractivity contribution in [2.24, 2.45) is 4.99 Å². The summed E-state index contributed by atoms with van der Waals surface area (Å²) in [5, 5.41) is -0.379. The normalized spacial score (nSPS) is 10.9. The topological polar surface area (TPSA) is 46.5 Å². The van der Waals surface area contributed by atoms with Crippen LogP contribution in [-0.4, -0.2) is 17.9 Å². The monoisotopic (exact) mass is 229 g/mol. The molecule has 0 aliphatic heterocycles. The summed E-state index contributed by atoms with van der Waals surface area (Å²) in [5.41, 5.74) is 0.613. The van der Waals surface area contributed by atoms with E-state index in [1.165, 1.54) is 6.08 Å². The Morgan fingerprint density at radius 3 is 2.60 bits per heavy atom. The Balaban J connectivity index is 3.35. The van der Waals surface area contributed by atoms with E-state index in [0.717, 1.165) is 32.1 Å². The molecule has 0 aromatic rings. The molecule has 0 N–H and O–H groups in total. The summed E-state index contributed by atoms with van der Waals surface area (Å²) in [6, 6.07) is 0. The summed E-state index contributed by atoms with van der Waals surface area (Å²) in [6.45, 7) is 2.28. The summed E-state index contributed by atoms with van der Waals surface area (Å²) in [6.07, 6.45) is 8.33. The van der Waals surface area contributed by atoms with Gasteiger partial charge in [0.1, 0.15) is 0 Å². The van der Waals surface area contributed by atoms with Crippen molar-refractivity contribution in [3.8, 4) is 0 Å². The Bertz CT molecular complexity index is 268. The quantitative estimate of drug-likeness (QED) is 0.211. The van der Waals surface area contributed by atoms with Crippen LogP contribution in [0.2, 0.25) is 0 Å². The van der Waals surface area contributed by atoms with Crippen LogP contribution in [0.4, 0.5) is 0 Å². The third kappa shape index (κ3) is 9.39. The van der Waals surface area contributed by atoms with E-state index < -0.39 is 0 Å². The van der Waals surface area contributed by atoms with Crippen molar-refractivity contribution in [3.05, 3.63) is 11.6 Å². The van der Waals surface area contributed by atoms with Gasteiger partial charge in [-0.25, -0.2) is 9.79 Å². The van der Waals surface area contributed by atoms with Crippen molar-refractivity contribution in [2.75, 3.05) is 6.54 Å². The second-order valence-corrected chi connectivity index (χ2v) is 3.68. The maximum atomic E-state index is 10.6. The van der Waals surface area contributed by atoms with Gasteiger partial charge in [0.05, 0.1) is 6.54 Å². The third-order valence-electron chi connectivity index (χ3n) is 2.05. The number of hydrogen-bond donors (Lipinski definition) is 0. The number of hydrogen-bond acceptors (Lipinski definition) is 3. The number of halogens is 1. The first-order valence-corrected chi connectivity index (χ1v) is 5.46. The second-order valence-electron chi connectivity index (χ2n) is 3.34. The fourth-order valence-electron chi connectivity index (χ4n) is 1.13. The molecule has 0 aromatic carbocycles. The molecule has 15 heavy (non-hydrogen) atoms. The number of carbonyl (C=O) groups is 1. The molecule has 0 saturated heterocycles. The minimum absolute atomic E-state index is 0.379. The third-order valence-corrected chi connectivity index (χ3v) is 2.35. The molecule has 0 radical (unpaired) electrons. The molecule has 0 saturated carbocycles. The Morgan fingerprint density at radius 2 is 2.00 bits per heavy atom. The van der Waals surface area contributed by atoms with Gasteiger partial charge in [0.15, 0.2) is 0 Å². The van der Waals surface area contributed by atoms with Crippen LogP contribution in [0, 0.1) is 0 Å². The SMILES string of the molecule is CC(=CCCCCCCN=C=O)C(=O)Cl. The summed E-state index contributed by atoms with van der Waals surface area (Å²) in [5.74, 6) is 0. The smallest absolute Gasteiger partial charge is 0.247 e. The maximum absolute atomic E-state index is 10.6. The van der Waals surface area contributed by atoms with Gasteiger partial charge in [0.25, 0.3) is 0 Å². The molecule has 4 heteroatoms.